The number of esters is 1. The summed E-state index contributed by atoms with van der Waals surface area (Å²) >= 11 is 0. The molecule has 1 unspecified atom stereocenters. The van der Waals surface area contributed by atoms with Crippen molar-refractivity contribution in [3.8, 4) is 0 Å². The van der Waals surface area contributed by atoms with Gasteiger partial charge in [0.15, 0.2) is 0 Å². The second-order valence-corrected chi connectivity index (χ2v) is 4.56. The van der Waals surface area contributed by atoms with Gasteiger partial charge in [0.25, 0.3) is 0 Å². The van der Waals surface area contributed by atoms with Crippen molar-refractivity contribution in [2.24, 2.45) is 5.92 Å². The average molecular weight is 257 g/mol. The van der Waals surface area contributed by atoms with E-state index in [1.165, 1.54) is 0 Å². The van der Waals surface area contributed by atoms with Crippen LogP contribution < -0.4 is 5.32 Å². The van der Waals surface area contributed by atoms with Gasteiger partial charge in [0.1, 0.15) is 0 Å². The first-order chi connectivity index (χ1) is 8.47. The van der Waals surface area contributed by atoms with Gasteiger partial charge in [0.05, 0.1) is 24.8 Å². The van der Waals surface area contributed by atoms with Crippen molar-refractivity contribution < 1.29 is 14.3 Å². The van der Waals surface area contributed by atoms with Gasteiger partial charge in [-0.3, -0.25) is 0 Å². The minimum atomic E-state index is -0.261. The molecule has 0 fully saturated rings. The number of rotatable bonds is 8. The number of hydrogen-bond donors (Lipinski definition) is 1. The highest BCUT2D eigenvalue weighted by Crippen LogP contribution is 2.12. The molecule has 0 aliphatic rings. The molecule has 0 aliphatic heterocycles. The summed E-state index contributed by atoms with van der Waals surface area (Å²) in [6, 6.07) is 0.212. The van der Waals surface area contributed by atoms with Gasteiger partial charge in [-0.15, -0.1) is 0 Å². The Morgan fingerprint density at radius 2 is 1.89 bits per heavy atom. The van der Waals surface area contributed by atoms with Gasteiger partial charge in [0.2, 0.25) is 0 Å². The number of nitrogens with one attached hydrogen (secondary N) is 1. The number of carbonyl (C=O) groups is 1. The van der Waals surface area contributed by atoms with Crippen LogP contribution in [0.3, 0.4) is 0 Å². The van der Waals surface area contributed by atoms with Crippen LogP contribution >= 0.6 is 0 Å². The number of allylic oxidation sites excluding steroid dienone is 1. The van der Waals surface area contributed by atoms with Gasteiger partial charge >= 0.3 is 5.97 Å². The highest BCUT2D eigenvalue weighted by molar-refractivity contribution is 5.88. The van der Waals surface area contributed by atoms with Crippen molar-refractivity contribution in [2.75, 3.05) is 20.3 Å². The maximum atomic E-state index is 11.6. The summed E-state index contributed by atoms with van der Waals surface area (Å²) in [5.74, 6) is 0.220. The van der Waals surface area contributed by atoms with Gasteiger partial charge in [-0.1, -0.05) is 20.3 Å². The van der Waals surface area contributed by atoms with Crippen LogP contribution in [0.1, 0.15) is 41.0 Å². The fraction of sp³-hybridized carbons (Fsp3) is 0.786. The largest absolute Gasteiger partial charge is 0.463 e. The van der Waals surface area contributed by atoms with E-state index in [-0.39, 0.29) is 12.0 Å². The Balaban J connectivity index is 4.70. The summed E-state index contributed by atoms with van der Waals surface area (Å²) in [5.41, 5.74) is 1.48. The highest BCUT2D eigenvalue weighted by atomic mass is 16.5. The van der Waals surface area contributed by atoms with E-state index in [0.29, 0.717) is 24.7 Å². The van der Waals surface area contributed by atoms with Crippen molar-refractivity contribution in [3.05, 3.63) is 11.3 Å². The monoisotopic (exact) mass is 257 g/mol. The van der Waals surface area contributed by atoms with Crippen LogP contribution in [0.5, 0.6) is 0 Å². The van der Waals surface area contributed by atoms with Crippen LogP contribution in [0.4, 0.5) is 0 Å². The minimum absolute atomic E-state index is 0.212. The second-order valence-electron chi connectivity index (χ2n) is 4.56. The van der Waals surface area contributed by atoms with Crippen LogP contribution in [0.25, 0.3) is 0 Å². The highest BCUT2D eigenvalue weighted by Gasteiger charge is 2.17. The molecule has 4 heteroatoms. The molecule has 0 saturated heterocycles. The van der Waals surface area contributed by atoms with Gasteiger partial charge < -0.3 is 14.8 Å². The van der Waals surface area contributed by atoms with Crippen molar-refractivity contribution in [3.63, 3.8) is 0 Å². The Kier molecular flexibility index (Phi) is 8.46. The molecule has 0 saturated carbocycles. The molecular weight excluding hydrogens is 230 g/mol. The van der Waals surface area contributed by atoms with Crippen LogP contribution in [-0.2, 0) is 14.3 Å². The molecular formula is C14H27NO3. The predicted molar refractivity (Wildman–Crippen MR) is 73.3 cm³/mol. The molecule has 0 aromatic carbocycles. The van der Waals surface area contributed by atoms with E-state index >= 15 is 0 Å². The first-order valence-electron chi connectivity index (χ1n) is 6.57. The van der Waals surface area contributed by atoms with Crippen molar-refractivity contribution >= 4 is 5.97 Å². The summed E-state index contributed by atoms with van der Waals surface area (Å²) in [6.07, 6.45) is 1.06. The van der Waals surface area contributed by atoms with Crippen molar-refractivity contribution in [1.29, 1.82) is 0 Å². The number of methoxy groups -OCH3 is 1. The third-order valence-electron chi connectivity index (χ3n) is 3.22. The van der Waals surface area contributed by atoms with Crippen LogP contribution in [-0.4, -0.2) is 32.3 Å². The van der Waals surface area contributed by atoms with E-state index in [1.54, 1.807) is 21.0 Å². The zero-order valence-corrected chi connectivity index (χ0v) is 12.5. The Hall–Kier alpha value is -1.03. The van der Waals surface area contributed by atoms with E-state index in [2.05, 4.69) is 19.2 Å². The summed E-state index contributed by atoms with van der Waals surface area (Å²) in [4.78, 5) is 11.6. The van der Waals surface area contributed by atoms with Gasteiger partial charge in [0, 0.05) is 12.8 Å². The lowest BCUT2D eigenvalue weighted by Gasteiger charge is -2.25. The second kappa shape index (κ2) is 8.97. The third kappa shape index (κ3) is 5.54. The first-order valence-corrected chi connectivity index (χ1v) is 6.57. The summed E-state index contributed by atoms with van der Waals surface area (Å²) in [6.45, 7) is 10.8. The molecule has 18 heavy (non-hydrogen) atoms. The molecule has 0 radical (unpaired) electrons. The van der Waals surface area contributed by atoms with Crippen LogP contribution in [0.15, 0.2) is 11.3 Å². The summed E-state index contributed by atoms with van der Waals surface area (Å²) in [5, 5.41) is 3.36. The van der Waals surface area contributed by atoms with E-state index < -0.39 is 0 Å². The molecule has 4 nitrogen and oxygen atoms in total. The SMILES string of the molecule is CCOC(=O)/C(C)=C(\C)N[C@H](COC)C(C)CC. The van der Waals surface area contributed by atoms with Crippen molar-refractivity contribution in [2.45, 2.75) is 47.1 Å². The Morgan fingerprint density at radius 3 is 2.33 bits per heavy atom. The Morgan fingerprint density at radius 1 is 1.28 bits per heavy atom. The quantitative estimate of drug-likeness (QED) is 0.536. The zero-order chi connectivity index (χ0) is 14.1. The number of ether oxygens (including phenoxy) is 2. The lowest BCUT2D eigenvalue weighted by Crippen LogP contribution is -2.38. The van der Waals surface area contributed by atoms with Crippen LogP contribution in [0, 0.1) is 5.92 Å². The lowest BCUT2D eigenvalue weighted by molar-refractivity contribution is -0.138. The summed E-state index contributed by atoms with van der Waals surface area (Å²) < 4.78 is 10.2. The zero-order valence-electron chi connectivity index (χ0n) is 12.5. The maximum Gasteiger partial charge on any atom is 0.335 e. The molecule has 0 rings (SSSR count). The van der Waals surface area contributed by atoms with Crippen molar-refractivity contribution in [1.82, 2.24) is 5.32 Å². The fourth-order valence-corrected chi connectivity index (χ4v) is 1.59. The smallest absolute Gasteiger partial charge is 0.335 e. The maximum absolute atomic E-state index is 11.6. The fourth-order valence-electron chi connectivity index (χ4n) is 1.59. The van der Waals surface area contributed by atoms with Gasteiger partial charge in [-0.05, 0) is 26.7 Å². The molecule has 0 spiro atoms. The summed E-state index contributed by atoms with van der Waals surface area (Å²) in [7, 11) is 1.69. The van der Waals surface area contributed by atoms with Gasteiger partial charge in [-0.25, -0.2) is 4.79 Å². The first kappa shape index (κ1) is 17.0. The number of hydrogen-bond acceptors (Lipinski definition) is 4. The van der Waals surface area contributed by atoms with Gasteiger partial charge in [-0.2, -0.15) is 0 Å². The molecule has 1 N–H and O–H groups in total. The molecule has 0 heterocycles. The predicted octanol–water partition coefficient (Wildman–Crippen LogP) is 2.49. The Labute approximate surface area is 111 Å². The number of carbonyl (C=O) groups excluding carboxylic acids is 1. The molecule has 0 aromatic heterocycles. The average Bonchev–Trinajstić information content (AvgIpc) is 2.36. The minimum Gasteiger partial charge on any atom is -0.463 e. The van der Waals surface area contributed by atoms with E-state index in [0.717, 1.165) is 12.1 Å². The molecule has 0 aliphatic carbocycles. The molecule has 0 amide bonds. The molecule has 0 aromatic rings. The molecule has 106 valence electrons. The van der Waals surface area contributed by atoms with E-state index in [9.17, 15) is 4.79 Å². The van der Waals surface area contributed by atoms with E-state index in [4.69, 9.17) is 9.47 Å². The lowest BCUT2D eigenvalue weighted by atomic mass is 9.99. The van der Waals surface area contributed by atoms with Crippen LogP contribution in [0.2, 0.25) is 0 Å². The molecule has 2 atom stereocenters. The topological polar surface area (TPSA) is 47.6 Å². The normalized spacial score (nSPS) is 15.7. The Bertz CT molecular complexity index is 287. The third-order valence-corrected chi connectivity index (χ3v) is 3.22. The standard InChI is InChI=1S/C14H27NO3/c1-7-10(3)13(9-17-6)15-12(5)11(4)14(16)18-8-2/h10,13,15H,7-9H2,1-6H3/b12-11+/t10?,13-/m1/s1. The van der Waals surface area contributed by atoms with E-state index in [1.807, 2.05) is 6.92 Å². The molecule has 0 bridgehead atoms.